The van der Waals surface area contributed by atoms with Crippen molar-refractivity contribution < 1.29 is 0 Å². The Bertz CT molecular complexity index is 455. The lowest BCUT2D eigenvalue weighted by molar-refractivity contribution is 0.256. The van der Waals surface area contributed by atoms with E-state index in [2.05, 4.69) is 0 Å². The Morgan fingerprint density at radius 1 is 1.22 bits per heavy atom. The third-order valence-corrected chi connectivity index (χ3v) is 6.50. The van der Waals surface area contributed by atoms with E-state index in [0.29, 0.717) is 5.41 Å². The average molecular weight is 262 g/mol. The van der Waals surface area contributed by atoms with Gasteiger partial charge in [-0.2, -0.15) is 0 Å². The topological polar surface area (TPSA) is 38.9 Å². The van der Waals surface area contributed by atoms with E-state index < -0.39 is 0 Å². The molecular formula is C15H22N2S. The number of hydrogen-bond acceptors (Lipinski definition) is 3. The van der Waals surface area contributed by atoms with Crippen LogP contribution in [0.3, 0.4) is 0 Å². The van der Waals surface area contributed by atoms with Gasteiger partial charge in [-0.3, -0.25) is 0 Å². The standard InChI is InChI=1S/C15H22N2S/c16-13(10-3-4-10)14-17-11-5-8-15(6-1-2-7-15)9-12(11)18-14/h10,13H,1-9,16H2. The maximum Gasteiger partial charge on any atom is 0.110 e. The summed E-state index contributed by atoms with van der Waals surface area (Å²) < 4.78 is 0. The van der Waals surface area contributed by atoms with Crippen molar-refractivity contribution in [2.24, 2.45) is 17.1 Å². The molecule has 1 heterocycles. The summed E-state index contributed by atoms with van der Waals surface area (Å²) in [5.41, 5.74) is 8.35. The molecule has 1 aromatic rings. The average Bonchev–Trinajstić information content (AvgIpc) is 3.00. The summed E-state index contributed by atoms with van der Waals surface area (Å²) in [4.78, 5) is 6.44. The first kappa shape index (κ1) is 11.4. The third kappa shape index (κ3) is 1.83. The molecule has 1 aromatic heterocycles. The van der Waals surface area contributed by atoms with Gasteiger partial charge in [-0.15, -0.1) is 11.3 Å². The van der Waals surface area contributed by atoms with Crippen molar-refractivity contribution in [1.82, 2.24) is 4.98 Å². The predicted octanol–water partition coefficient (Wildman–Crippen LogP) is 3.60. The zero-order valence-corrected chi connectivity index (χ0v) is 11.8. The SMILES string of the molecule is NC(c1nc2c(s1)CC1(CCCC1)CC2)C1CC1. The number of rotatable bonds is 2. The Morgan fingerprint density at radius 3 is 2.72 bits per heavy atom. The van der Waals surface area contributed by atoms with Crippen molar-refractivity contribution in [2.75, 3.05) is 0 Å². The van der Waals surface area contributed by atoms with Gasteiger partial charge >= 0.3 is 0 Å². The van der Waals surface area contributed by atoms with E-state index in [4.69, 9.17) is 10.7 Å². The van der Waals surface area contributed by atoms with Crippen LogP contribution in [0.1, 0.15) is 66.6 Å². The van der Waals surface area contributed by atoms with Gasteiger partial charge in [0.25, 0.3) is 0 Å². The number of fused-ring (bicyclic) bond motifs is 1. The summed E-state index contributed by atoms with van der Waals surface area (Å²) in [5.74, 6) is 0.734. The Hall–Kier alpha value is -0.410. The summed E-state index contributed by atoms with van der Waals surface area (Å²) in [6.07, 6.45) is 12.3. The molecule has 2 saturated carbocycles. The van der Waals surface area contributed by atoms with Crippen LogP contribution in [0, 0.1) is 11.3 Å². The zero-order valence-electron chi connectivity index (χ0n) is 11.0. The lowest BCUT2D eigenvalue weighted by Gasteiger charge is -2.32. The monoisotopic (exact) mass is 262 g/mol. The summed E-state index contributed by atoms with van der Waals surface area (Å²) >= 11 is 1.94. The summed E-state index contributed by atoms with van der Waals surface area (Å²) in [5, 5.41) is 1.23. The molecule has 2 N–H and O–H groups in total. The Kier molecular flexibility index (Phi) is 2.56. The second-order valence-electron chi connectivity index (χ2n) is 6.67. The first-order chi connectivity index (χ1) is 8.76. The van der Waals surface area contributed by atoms with Crippen LogP contribution < -0.4 is 5.73 Å². The molecule has 3 aliphatic rings. The number of thiazole rings is 1. The number of nitrogens with zero attached hydrogens (tertiary/aromatic N) is 1. The molecule has 98 valence electrons. The molecule has 1 unspecified atom stereocenters. The van der Waals surface area contributed by atoms with Gasteiger partial charge in [-0.25, -0.2) is 4.98 Å². The van der Waals surface area contributed by atoms with Crippen LogP contribution in [0.15, 0.2) is 0 Å². The largest absolute Gasteiger partial charge is 0.322 e. The highest BCUT2D eigenvalue weighted by Gasteiger charge is 2.39. The van der Waals surface area contributed by atoms with Gasteiger partial charge in [-0.05, 0) is 56.3 Å². The fourth-order valence-electron chi connectivity index (χ4n) is 3.90. The molecule has 3 aliphatic carbocycles. The predicted molar refractivity (Wildman–Crippen MR) is 74.7 cm³/mol. The number of nitrogens with two attached hydrogens (primary N) is 1. The molecule has 0 aromatic carbocycles. The van der Waals surface area contributed by atoms with Crippen molar-refractivity contribution in [3.05, 3.63) is 15.6 Å². The van der Waals surface area contributed by atoms with Crippen LogP contribution in [0.25, 0.3) is 0 Å². The highest BCUT2D eigenvalue weighted by Crippen LogP contribution is 2.50. The van der Waals surface area contributed by atoms with Crippen molar-refractivity contribution in [3.63, 3.8) is 0 Å². The normalized spacial score (nSPS) is 27.4. The van der Waals surface area contributed by atoms with Gasteiger partial charge in [0.2, 0.25) is 0 Å². The minimum absolute atomic E-state index is 0.236. The van der Waals surface area contributed by atoms with E-state index >= 15 is 0 Å². The molecule has 0 amide bonds. The van der Waals surface area contributed by atoms with Crippen molar-refractivity contribution in [3.8, 4) is 0 Å². The molecule has 2 nitrogen and oxygen atoms in total. The molecule has 0 radical (unpaired) electrons. The van der Waals surface area contributed by atoms with Crippen LogP contribution in [-0.2, 0) is 12.8 Å². The fourth-order valence-corrected chi connectivity index (χ4v) is 5.28. The number of hydrogen-bond donors (Lipinski definition) is 1. The van der Waals surface area contributed by atoms with E-state index in [9.17, 15) is 0 Å². The number of aryl methyl sites for hydroxylation is 1. The molecule has 3 heteroatoms. The van der Waals surface area contributed by atoms with E-state index in [0.717, 1.165) is 5.92 Å². The van der Waals surface area contributed by atoms with Gasteiger partial charge < -0.3 is 5.73 Å². The quantitative estimate of drug-likeness (QED) is 0.884. The summed E-state index contributed by atoms with van der Waals surface area (Å²) in [6, 6.07) is 0.236. The Balaban J connectivity index is 1.59. The second-order valence-corrected chi connectivity index (χ2v) is 7.78. The highest BCUT2D eigenvalue weighted by molar-refractivity contribution is 7.11. The third-order valence-electron chi connectivity index (χ3n) is 5.30. The van der Waals surface area contributed by atoms with Crippen LogP contribution >= 0.6 is 11.3 Å². The molecule has 0 saturated heterocycles. The van der Waals surface area contributed by atoms with Crippen molar-refractivity contribution >= 4 is 11.3 Å². The van der Waals surface area contributed by atoms with E-state index in [1.54, 1.807) is 4.88 Å². The fraction of sp³-hybridized carbons (Fsp3) is 0.800. The Morgan fingerprint density at radius 2 is 2.00 bits per heavy atom. The molecule has 18 heavy (non-hydrogen) atoms. The van der Waals surface area contributed by atoms with Gasteiger partial charge in [0, 0.05) is 4.88 Å². The number of aromatic nitrogens is 1. The lowest BCUT2D eigenvalue weighted by atomic mass is 9.74. The van der Waals surface area contributed by atoms with E-state index in [1.165, 1.54) is 68.5 Å². The van der Waals surface area contributed by atoms with Crippen LogP contribution in [-0.4, -0.2) is 4.98 Å². The summed E-state index contributed by atoms with van der Waals surface area (Å²) in [6.45, 7) is 0. The molecule has 4 rings (SSSR count). The van der Waals surface area contributed by atoms with Gasteiger partial charge in [0.15, 0.2) is 0 Å². The molecule has 1 atom stereocenters. The van der Waals surface area contributed by atoms with Crippen LogP contribution in [0.2, 0.25) is 0 Å². The second kappa shape index (κ2) is 4.04. The molecule has 2 fully saturated rings. The molecule has 1 spiro atoms. The van der Waals surface area contributed by atoms with Crippen molar-refractivity contribution in [1.29, 1.82) is 0 Å². The molecule has 0 aliphatic heterocycles. The van der Waals surface area contributed by atoms with Gasteiger partial charge in [0.05, 0.1) is 11.7 Å². The molecule has 0 bridgehead atoms. The van der Waals surface area contributed by atoms with Gasteiger partial charge in [-0.1, -0.05) is 12.8 Å². The first-order valence-electron chi connectivity index (χ1n) is 7.50. The van der Waals surface area contributed by atoms with Crippen LogP contribution in [0.5, 0.6) is 0 Å². The molecular weight excluding hydrogens is 240 g/mol. The minimum atomic E-state index is 0.236. The smallest absolute Gasteiger partial charge is 0.110 e. The Labute approximate surface area is 113 Å². The lowest BCUT2D eigenvalue weighted by Crippen LogP contribution is -2.24. The maximum atomic E-state index is 6.31. The van der Waals surface area contributed by atoms with Crippen molar-refractivity contribution in [2.45, 2.75) is 63.8 Å². The minimum Gasteiger partial charge on any atom is -0.322 e. The summed E-state index contributed by atoms with van der Waals surface area (Å²) in [7, 11) is 0. The van der Waals surface area contributed by atoms with E-state index in [-0.39, 0.29) is 6.04 Å². The first-order valence-corrected chi connectivity index (χ1v) is 8.32. The van der Waals surface area contributed by atoms with E-state index in [1.807, 2.05) is 11.3 Å². The van der Waals surface area contributed by atoms with Gasteiger partial charge in [0.1, 0.15) is 5.01 Å². The highest BCUT2D eigenvalue weighted by atomic mass is 32.1. The maximum absolute atomic E-state index is 6.31. The van der Waals surface area contributed by atoms with Crippen LogP contribution in [0.4, 0.5) is 0 Å². The zero-order chi connectivity index (χ0) is 12.2.